The highest BCUT2D eigenvalue weighted by Crippen LogP contribution is 2.43. The fourth-order valence-corrected chi connectivity index (χ4v) is 3.87. The van der Waals surface area contributed by atoms with E-state index in [9.17, 15) is 4.79 Å². The molecule has 1 aliphatic carbocycles. The maximum absolute atomic E-state index is 13.2. The molecule has 1 unspecified atom stereocenters. The van der Waals surface area contributed by atoms with Gasteiger partial charge in [-0.05, 0) is 29.9 Å². The van der Waals surface area contributed by atoms with Crippen LogP contribution in [-0.4, -0.2) is 41.9 Å². The Labute approximate surface area is 150 Å². The highest BCUT2D eigenvalue weighted by Gasteiger charge is 2.39. The van der Waals surface area contributed by atoms with Crippen molar-refractivity contribution < 1.29 is 4.79 Å². The lowest BCUT2D eigenvalue weighted by Crippen LogP contribution is -2.49. The molecule has 4 rings (SSSR count). The summed E-state index contributed by atoms with van der Waals surface area (Å²) >= 11 is 0. The molecule has 2 fully saturated rings. The van der Waals surface area contributed by atoms with Crippen LogP contribution in [0.5, 0.6) is 0 Å². The van der Waals surface area contributed by atoms with Gasteiger partial charge in [0.2, 0.25) is 5.91 Å². The summed E-state index contributed by atoms with van der Waals surface area (Å²) in [6.07, 6.45) is 2.39. The van der Waals surface area contributed by atoms with Gasteiger partial charge in [-0.15, -0.1) is 0 Å². The summed E-state index contributed by atoms with van der Waals surface area (Å²) in [5.74, 6) is 0.965. The van der Waals surface area contributed by atoms with Gasteiger partial charge in [0.25, 0.3) is 0 Å². The molecule has 1 saturated carbocycles. The molecule has 2 aliphatic rings. The first-order chi connectivity index (χ1) is 12.3. The second-order valence-electron chi connectivity index (χ2n) is 7.31. The minimum atomic E-state index is 0.0712. The molecule has 3 nitrogen and oxygen atoms in total. The number of carbonyl (C=O) groups is 1. The number of nitrogens with zero attached hydrogens (tertiary/aromatic N) is 2. The lowest BCUT2D eigenvalue weighted by Gasteiger charge is -2.36. The highest BCUT2D eigenvalue weighted by atomic mass is 16.2. The van der Waals surface area contributed by atoms with Crippen molar-refractivity contribution in [2.24, 2.45) is 5.92 Å². The zero-order chi connectivity index (χ0) is 17.1. The van der Waals surface area contributed by atoms with Gasteiger partial charge in [0.05, 0.1) is 5.92 Å². The molecular weight excluding hydrogens is 308 g/mol. The first-order valence-electron chi connectivity index (χ1n) is 9.41. The normalized spacial score (nSPS) is 19.6. The third kappa shape index (κ3) is 3.93. The van der Waals surface area contributed by atoms with Crippen molar-refractivity contribution in [3.05, 3.63) is 71.8 Å². The van der Waals surface area contributed by atoms with Gasteiger partial charge in [-0.25, -0.2) is 0 Å². The van der Waals surface area contributed by atoms with E-state index >= 15 is 0 Å². The Morgan fingerprint density at radius 3 is 2.08 bits per heavy atom. The summed E-state index contributed by atoms with van der Waals surface area (Å²) in [7, 11) is 0. The van der Waals surface area contributed by atoms with E-state index < -0.39 is 0 Å². The Morgan fingerprint density at radius 1 is 0.880 bits per heavy atom. The molecule has 1 heterocycles. The van der Waals surface area contributed by atoms with Crippen molar-refractivity contribution in [3.8, 4) is 0 Å². The predicted octanol–water partition coefficient (Wildman–Crippen LogP) is 3.52. The average Bonchev–Trinajstić information content (AvgIpc) is 3.49. The molecule has 2 aromatic rings. The first-order valence-corrected chi connectivity index (χ1v) is 9.41. The fraction of sp³-hybridized carbons (Fsp3) is 0.409. The number of benzene rings is 2. The van der Waals surface area contributed by atoms with E-state index in [1.807, 2.05) is 6.07 Å². The van der Waals surface area contributed by atoms with Crippen LogP contribution < -0.4 is 0 Å². The zero-order valence-electron chi connectivity index (χ0n) is 14.7. The SMILES string of the molecule is O=C(C(c1ccccc1)C1CC1)N1CCN(Cc2ccccc2)CC1. The molecule has 0 N–H and O–H groups in total. The molecule has 2 aromatic carbocycles. The van der Waals surface area contributed by atoms with Gasteiger partial charge in [-0.3, -0.25) is 9.69 Å². The Balaban J connectivity index is 1.37. The van der Waals surface area contributed by atoms with E-state index in [2.05, 4.69) is 64.4 Å². The second kappa shape index (κ2) is 7.40. The molecule has 1 atom stereocenters. The van der Waals surface area contributed by atoms with Crippen LogP contribution in [0.3, 0.4) is 0 Å². The Morgan fingerprint density at radius 2 is 1.48 bits per heavy atom. The zero-order valence-corrected chi connectivity index (χ0v) is 14.7. The van der Waals surface area contributed by atoms with Gasteiger partial charge >= 0.3 is 0 Å². The van der Waals surface area contributed by atoms with Crippen molar-refractivity contribution in [2.45, 2.75) is 25.3 Å². The van der Waals surface area contributed by atoms with E-state index in [1.54, 1.807) is 0 Å². The maximum atomic E-state index is 13.2. The molecule has 3 heteroatoms. The molecule has 0 aromatic heterocycles. The van der Waals surface area contributed by atoms with Gasteiger partial charge in [0.1, 0.15) is 0 Å². The number of rotatable bonds is 5. The Kier molecular flexibility index (Phi) is 4.84. The van der Waals surface area contributed by atoms with Crippen molar-refractivity contribution in [2.75, 3.05) is 26.2 Å². The third-order valence-corrected chi connectivity index (χ3v) is 5.45. The van der Waals surface area contributed by atoms with Crippen molar-refractivity contribution in [3.63, 3.8) is 0 Å². The van der Waals surface area contributed by atoms with Crippen molar-refractivity contribution in [1.29, 1.82) is 0 Å². The van der Waals surface area contributed by atoms with Crippen LogP contribution in [0.15, 0.2) is 60.7 Å². The van der Waals surface area contributed by atoms with Gasteiger partial charge in [-0.1, -0.05) is 60.7 Å². The van der Waals surface area contributed by atoms with E-state index in [1.165, 1.54) is 24.0 Å². The maximum Gasteiger partial charge on any atom is 0.230 e. The fourth-order valence-electron chi connectivity index (χ4n) is 3.87. The minimum absolute atomic E-state index is 0.0712. The summed E-state index contributed by atoms with van der Waals surface area (Å²) in [6.45, 7) is 4.61. The van der Waals surface area contributed by atoms with E-state index in [0.29, 0.717) is 11.8 Å². The molecule has 0 bridgehead atoms. The van der Waals surface area contributed by atoms with Crippen LogP contribution in [0.1, 0.15) is 29.9 Å². The van der Waals surface area contributed by atoms with Gasteiger partial charge in [0, 0.05) is 32.7 Å². The highest BCUT2D eigenvalue weighted by molar-refractivity contribution is 5.84. The van der Waals surface area contributed by atoms with Crippen LogP contribution in [0.2, 0.25) is 0 Å². The molecule has 1 amide bonds. The van der Waals surface area contributed by atoms with Crippen LogP contribution in [-0.2, 0) is 11.3 Å². The molecular formula is C22H26N2O. The number of amides is 1. The number of hydrogen-bond acceptors (Lipinski definition) is 2. The van der Waals surface area contributed by atoms with Crippen LogP contribution in [0.4, 0.5) is 0 Å². The Bertz CT molecular complexity index is 688. The lowest BCUT2D eigenvalue weighted by atomic mass is 9.92. The summed E-state index contributed by atoms with van der Waals surface area (Å²) in [6, 6.07) is 21.0. The summed E-state index contributed by atoms with van der Waals surface area (Å²) in [4.78, 5) is 17.7. The summed E-state index contributed by atoms with van der Waals surface area (Å²) < 4.78 is 0. The third-order valence-electron chi connectivity index (χ3n) is 5.45. The number of piperazine rings is 1. The van der Waals surface area contributed by atoms with Crippen LogP contribution in [0.25, 0.3) is 0 Å². The van der Waals surface area contributed by atoms with Gasteiger partial charge in [0.15, 0.2) is 0 Å². The molecule has 25 heavy (non-hydrogen) atoms. The molecule has 0 radical (unpaired) electrons. The monoisotopic (exact) mass is 334 g/mol. The molecule has 130 valence electrons. The van der Waals surface area contributed by atoms with E-state index in [0.717, 1.165) is 32.7 Å². The molecule has 1 saturated heterocycles. The lowest BCUT2D eigenvalue weighted by molar-refractivity contribution is -0.135. The predicted molar refractivity (Wildman–Crippen MR) is 100 cm³/mol. The van der Waals surface area contributed by atoms with E-state index in [4.69, 9.17) is 0 Å². The number of carbonyl (C=O) groups excluding carboxylic acids is 1. The average molecular weight is 334 g/mol. The quantitative estimate of drug-likeness (QED) is 0.835. The molecule has 1 aliphatic heterocycles. The second-order valence-corrected chi connectivity index (χ2v) is 7.31. The van der Waals surface area contributed by atoms with E-state index in [-0.39, 0.29) is 5.92 Å². The summed E-state index contributed by atoms with van der Waals surface area (Å²) in [5, 5.41) is 0. The minimum Gasteiger partial charge on any atom is -0.340 e. The Hall–Kier alpha value is -2.13. The topological polar surface area (TPSA) is 23.6 Å². The summed E-state index contributed by atoms with van der Waals surface area (Å²) in [5.41, 5.74) is 2.55. The van der Waals surface area contributed by atoms with Gasteiger partial charge < -0.3 is 4.90 Å². The number of hydrogen-bond donors (Lipinski definition) is 0. The largest absolute Gasteiger partial charge is 0.340 e. The standard InChI is InChI=1S/C22H26N2O/c25-22(21(20-11-12-20)19-9-5-2-6-10-19)24-15-13-23(14-16-24)17-18-7-3-1-4-8-18/h1-10,20-21H,11-17H2. The van der Waals surface area contributed by atoms with Crippen LogP contribution in [0, 0.1) is 5.92 Å². The molecule has 0 spiro atoms. The smallest absolute Gasteiger partial charge is 0.230 e. The van der Waals surface area contributed by atoms with Crippen molar-refractivity contribution in [1.82, 2.24) is 9.80 Å². The van der Waals surface area contributed by atoms with Crippen LogP contribution >= 0.6 is 0 Å². The van der Waals surface area contributed by atoms with Gasteiger partial charge in [-0.2, -0.15) is 0 Å². The first kappa shape index (κ1) is 16.3. The van der Waals surface area contributed by atoms with Crippen molar-refractivity contribution >= 4 is 5.91 Å².